The van der Waals surface area contributed by atoms with Crippen molar-refractivity contribution in [1.29, 1.82) is 0 Å². The predicted octanol–water partition coefficient (Wildman–Crippen LogP) is 5.02. The maximum atomic E-state index is 13.5. The summed E-state index contributed by atoms with van der Waals surface area (Å²) < 4.78 is 29.1. The number of pyridine rings is 1. The van der Waals surface area contributed by atoms with Gasteiger partial charge in [-0.2, -0.15) is 5.10 Å². The van der Waals surface area contributed by atoms with Crippen LogP contribution in [-0.4, -0.2) is 24.7 Å². The second-order valence-electron chi connectivity index (χ2n) is 6.69. The number of benzene rings is 1. The largest absolute Gasteiger partial charge is 0.304 e. The predicted molar refractivity (Wildman–Crippen MR) is 113 cm³/mol. The lowest BCUT2D eigenvalue weighted by Crippen LogP contribution is -2.08. The topological polar surface area (TPSA) is 76.5 Å². The van der Waals surface area contributed by atoms with Crippen LogP contribution in [0, 0.1) is 0 Å². The molecular formula is C21H15F2N5OS. The zero-order chi connectivity index (χ0) is 20.8. The highest BCUT2D eigenvalue weighted by Gasteiger charge is 2.21. The van der Waals surface area contributed by atoms with Gasteiger partial charge in [0.15, 0.2) is 5.82 Å². The van der Waals surface area contributed by atoms with Crippen molar-refractivity contribution >= 4 is 31.8 Å². The molecule has 1 aromatic carbocycles. The van der Waals surface area contributed by atoms with Gasteiger partial charge in [0.2, 0.25) is 0 Å². The first-order chi connectivity index (χ1) is 14.5. The lowest BCUT2D eigenvalue weighted by molar-refractivity contribution is 0.146. The fourth-order valence-electron chi connectivity index (χ4n) is 3.41. The van der Waals surface area contributed by atoms with Gasteiger partial charge < -0.3 is 4.98 Å². The molecule has 0 aliphatic rings. The number of hydrogen-bond donors (Lipinski definition) is 1. The molecule has 5 aromatic rings. The molecule has 0 aliphatic heterocycles. The van der Waals surface area contributed by atoms with Crippen LogP contribution in [0.15, 0.2) is 53.5 Å². The summed E-state index contributed by atoms with van der Waals surface area (Å²) in [5, 5.41) is 4.99. The Morgan fingerprint density at radius 1 is 1.17 bits per heavy atom. The van der Waals surface area contributed by atoms with Gasteiger partial charge in [-0.25, -0.2) is 18.7 Å². The molecule has 6 nitrogen and oxygen atoms in total. The number of aromatic amines is 1. The summed E-state index contributed by atoms with van der Waals surface area (Å²) in [7, 11) is 0. The fraction of sp³-hybridized carbons (Fsp3) is 0.143. The summed E-state index contributed by atoms with van der Waals surface area (Å²) >= 11 is 1.07. The van der Waals surface area contributed by atoms with Gasteiger partial charge in [0.05, 0.1) is 5.52 Å². The second-order valence-corrected chi connectivity index (χ2v) is 7.69. The summed E-state index contributed by atoms with van der Waals surface area (Å²) in [6.07, 6.45) is -0.918. The average molecular weight is 423 g/mol. The summed E-state index contributed by atoms with van der Waals surface area (Å²) in [5.74, 6) is 0.330. The van der Waals surface area contributed by atoms with Crippen LogP contribution in [0.25, 0.3) is 43.1 Å². The van der Waals surface area contributed by atoms with Crippen LogP contribution in [0.2, 0.25) is 0 Å². The van der Waals surface area contributed by atoms with E-state index in [-0.39, 0.29) is 11.3 Å². The Morgan fingerprint density at radius 2 is 1.97 bits per heavy atom. The van der Waals surface area contributed by atoms with Crippen molar-refractivity contribution in [1.82, 2.24) is 24.7 Å². The molecule has 1 N–H and O–H groups in total. The molecule has 0 unspecified atom stereocenters. The summed E-state index contributed by atoms with van der Waals surface area (Å²) in [6.45, 7) is 2.65. The third-order valence-corrected chi connectivity index (χ3v) is 5.91. The zero-order valence-corrected chi connectivity index (χ0v) is 16.6. The minimum Gasteiger partial charge on any atom is -0.304 e. The van der Waals surface area contributed by atoms with E-state index in [1.165, 1.54) is 6.07 Å². The normalized spacial score (nSPS) is 11.7. The van der Waals surface area contributed by atoms with Crippen molar-refractivity contribution in [2.24, 2.45) is 0 Å². The highest BCUT2D eigenvalue weighted by atomic mass is 32.1. The van der Waals surface area contributed by atoms with Gasteiger partial charge in [-0.05, 0) is 30.2 Å². The van der Waals surface area contributed by atoms with Crippen molar-refractivity contribution in [2.45, 2.75) is 19.9 Å². The van der Waals surface area contributed by atoms with Gasteiger partial charge >= 0.3 is 0 Å². The zero-order valence-electron chi connectivity index (χ0n) is 15.8. The molecule has 0 amide bonds. The van der Waals surface area contributed by atoms with Crippen molar-refractivity contribution in [2.75, 3.05) is 0 Å². The monoisotopic (exact) mass is 423 g/mol. The van der Waals surface area contributed by atoms with Crippen LogP contribution in [0.1, 0.15) is 19.0 Å². The SMILES string of the molecule is CCn1ccc(-c2nc3c(sc4nc(C(F)F)cc(-c5ccccc5)c43)c(=O)[nH]2)n1. The van der Waals surface area contributed by atoms with E-state index in [2.05, 4.69) is 20.1 Å². The Hall–Kier alpha value is -3.46. The Bertz CT molecular complexity index is 1440. The van der Waals surface area contributed by atoms with Crippen LogP contribution < -0.4 is 5.56 Å². The van der Waals surface area contributed by atoms with Gasteiger partial charge in [-0.15, -0.1) is 11.3 Å². The molecule has 4 heterocycles. The van der Waals surface area contributed by atoms with E-state index in [1.807, 2.05) is 37.3 Å². The minimum absolute atomic E-state index is 0.328. The number of halogens is 2. The summed E-state index contributed by atoms with van der Waals surface area (Å²) in [6, 6.07) is 12.3. The minimum atomic E-state index is -2.72. The van der Waals surface area contributed by atoms with Gasteiger partial charge in [0, 0.05) is 18.1 Å². The van der Waals surface area contributed by atoms with E-state index in [4.69, 9.17) is 0 Å². The van der Waals surface area contributed by atoms with Gasteiger partial charge in [0.1, 0.15) is 20.9 Å². The number of nitrogens with one attached hydrogen (secondary N) is 1. The van der Waals surface area contributed by atoms with Crippen LogP contribution >= 0.6 is 11.3 Å². The Balaban J connectivity index is 1.86. The van der Waals surface area contributed by atoms with E-state index in [0.29, 0.717) is 44.1 Å². The lowest BCUT2D eigenvalue weighted by atomic mass is 10.0. The third kappa shape index (κ3) is 2.98. The number of hydrogen-bond acceptors (Lipinski definition) is 5. The van der Waals surface area contributed by atoms with Gasteiger partial charge in [-0.3, -0.25) is 9.48 Å². The average Bonchev–Trinajstić information content (AvgIpc) is 3.38. The third-order valence-electron chi connectivity index (χ3n) is 4.83. The molecule has 30 heavy (non-hydrogen) atoms. The molecule has 0 radical (unpaired) electrons. The Kier molecular flexibility index (Phi) is 4.39. The lowest BCUT2D eigenvalue weighted by Gasteiger charge is -2.07. The van der Waals surface area contributed by atoms with Crippen molar-refractivity contribution < 1.29 is 8.78 Å². The van der Waals surface area contributed by atoms with Crippen molar-refractivity contribution in [3.8, 4) is 22.6 Å². The molecule has 0 atom stereocenters. The summed E-state index contributed by atoms with van der Waals surface area (Å²) in [4.78, 5) is 24.7. The first kappa shape index (κ1) is 18.6. The van der Waals surface area contributed by atoms with Crippen LogP contribution in [0.5, 0.6) is 0 Å². The van der Waals surface area contributed by atoms with E-state index in [1.54, 1.807) is 16.9 Å². The van der Waals surface area contributed by atoms with Crippen LogP contribution in [0.4, 0.5) is 8.78 Å². The molecule has 0 saturated carbocycles. The fourth-order valence-corrected chi connectivity index (χ4v) is 4.45. The number of H-pyrrole nitrogens is 1. The number of nitrogens with zero attached hydrogens (tertiary/aromatic N) is 4. The number of aryl methyl sites for hydroxylation is 1. The molecule has 4 aromatic heterocycles. The highest BCUT2D eigenvalue weighted by Crippen LogP contribution is 2.39. The van der Waals surface area contributed by atoms with E-state index in [0.717, 1.165) is 16.9 Å². The molecule has 0 spiro atoms. The molecule has 0 aliphatic carbocycles. The number of fused-ring (bicyclic) bond motifs is 3. The van der Waals surface area contributed by atoms with Crippen LogP contribution in [-0.2, 0) is 6.54 Å². The Labute approximate surface area is 172 Å². The van der Waals surface area contributed by atoms with Crippen molar-refractivity contribution in [3.63, 3.8) is 0 Å². The first-order valence-corrected chi connectivity index (χ1v) is 10.1. The molecular weight excluding hydrogens is 408 g/mol. The van der Waals surface area contributed by atoms with Gasteiger partial charge in [0.25, 0.3) is 12.0 Å². The quantitative estimate of drug-likeness (QED) is 0.440. The first-order valence-electron chi connectivity index (χ1n) is 9.30. The molecule has 9 heteroatoms. The Morgan fingerprint density at radius 3 is 2.67 bits per heavy atom. The smallest absolute Gasteiger partial charge is 0.280 e. The maximum absolute atomic E-state index is 13.5. The van der Waals surface area contributed by atoms with E-state index >= 15 is 0 Å². The number of thiophene rings is 1. The molecule has 0 saturated heterocycles. The summed E-state index contributed by atoms with van der Waals surface area (Å²) in [5.41, 5.74) is 1.63. The van der Waals surface area contributed by atoms with Gasteiger partial charge in [-0.1, -0.05) is 30.3 Å². The van der Waals surface area contributed by atoms with Crippen LogP contribution in [0.3, 0.4) is 0 Å². The second kappa shape index (κ2) is 7.10. The van der Waals surface area contributed by atoms with E-state index < -0.39 is 6.43 Å². The molecule has 5 rings (SSSR count). The number of aromatic nitrogens is 5. The van der Waals surface area contributed by atoms with Crippen molar-refractivity contribution in [3.05, 3.63) is 64.7 Å². The number of alkyl halides is 2. The van der Waals surface area contributed by atoms with E-state index in [9.17, 15) is 13.6 Å². The molecule has 150 valence electrons. The standard InChI is InChI=1S/C21H15F2N5OS/c1-2-28-9-8-13(27-28)19-25-16-15-12(11-6-4-3-5-7-11)10-14(18(22)23)24-21(15)30-17(16)20(29)26-19/h3-10,18H,2H2,1H3,(H,25,26,29). The molecule has 0 bridgehead atoms. The maximum Gasteiger partial charge on any atom is 0.280 e. The highest BCUT2D eigenvalue weighted by molar-refractivity contribution is 7.25. The molecule has 0 fully saturated rings. The number of rotatable bonds is 4.